The van der Waals surface area contributed by atoms with E-state index in [9.17, 15) is 0 Å². The molecule has 2 rings (SSSR count). The van der Waals surface area contributed by atoms with Gasteiger partial charge in [-0.25, -0.2) is 4.98 Å². The third-order valence-corrected chi connectivity index (χ3v) is 2.99. The Morgan fingerprint density at radius 1 is 1.42 bits per heavy atom. The van der Waals surface area contributed by atoms with Crippen LogP contribution in [0.2, 0.25) is 0 Å². The topological polar surface area (TPSA) is 53.6 Å². The van der Waals surface area contributed by atoms with Gasteiger partial charge in [-0.05, 0) is 24.1 Å². The molecule has 1 aromatic heterocycles. The van der Waals surface area contributed by atoms with Crippen LogP contribution >= 0.6 is 0 Å². The predicted octanol–water partition coefficient (Wildman–Crippen LogP) is 2.55. The van der Waals surface area contributed by atoms with Crippen molar-refractivity contribution in [3.8, 4) is 11.8 Å². The standard InChI is InChI=1S/C15H18N4/c1-11(2)18-10-13-5-4-12(3)14(8-13)19-7-6-17-15(19)9-16/h4-8,11,18H,10H2,1-3H3. The zero-order chi connectivity index (χ0) is 13.8. The van der Waals surface area contributed by atoms with Crippen molar-refractivity contribution < 1.29 is 0 Å². The molecule has 0 spiro atoms. The molecule has 0 radical (unpaired) electrons. The lowest BCUT2D eigenvalue weighted by molar-refractivity contribution is 0.588. The van der Waals surface area contributed by atoms with Gasteiger partial charge in [-0.3, -0.25) is 4.57 Å². The van der Waals surface area contributed by atoms with Gasteiger partial charge in [0.05, 0.1) is 5.69 Å². The summed E-state index contributed by atoms with van der Waals surface area (Å²) in [4.78, 5) is 4.04. The summed E-state index contributed by atoms with van der Waals surface area (Å²) in [5.74, 6) is 0.414. The van der Waals surface area contributed by atoms with E-state index in [1.807, 2.05) is 17.7 Å². The summed E-state index contributed by atoms with van der Waals surface area (Å²) in [6.45, 7) is 7.11. The van der Waals surface area contributed by atoms with E-state index in [4.69, 9.17) is 5.26 Å². The third-order valence-electron chi connectivity index (χ3n) is 2.99. The average Bonchev–Trinajstić information content (AvgIpc) is 2.85. The summed E-state index contributed by atoms with van der Waals surface area (Å²) in [6, 6.07) is 8.85. The highest BCUT2D eigenvalue weighted by molar-refractivity contribution is 5.45. The summed E-state index contributed by atoms with van der Waals surface area (Å²) < 4.78 is 1.83. The Labute approximate surface area is 113 Å². The summed E-state index contributed by atoms with van der Waals surface area (Å²) in [5, 5.41) is 12.5. The second kappa shape index (κ2) is 5.68. The quantitative estimate of drug-likeness (QED) is 0.912. The highest BCUT2D eigenvalue weighted by Gasteiger charge is 2.07. The number of benzene rings is 1. The number of nitrogens with zero attached hydrogens (tertiary/aromatic N) is 3. The number of hydrogen-bond acceptors (Lipinski definition) is 3. The SMILES string of the molecule is Cc1ccc(CNC(C)C)cc1-n1ccnc1C#N. The minimum Gasteiger partial charge on any atom is -0.310 e. The minimum absolute atomic E-state index is 0.414. The number of imidazole rings is 1. The molecular weight excluding hydrogens is 236 g/mol. The fraction of sp³-hybridized carbons (Fsp3) is 0.333. The van der Waals surface area contributed by atoms with Crippen LogP contribution in [-0.4, -0.2) is 15.6 Å². The van der Waals surface area contributed by atoms with Crippen LogP contribution in [0.1, 0.15) is 30.8 Å². The number of nitrogens with one attached hydrogen (secondary N) is 1. The van der Waals surface area contributed by atoms with Gasteiger partial charge in [-0.1, -0.05) is 26.0 Å². The molecule has 1 heterocycles. The highest BCUT2D eigenvalue weighted by atomic mass is 15.1. The maximum atomic E-state index is 9.06. The normalized spacial score (nSPS) is 10.7. The third kappa shape index (κ3) is 3.01. The molecule has 0 aliphatic carbocycles. The maximum absolute atomic E-state index is 9.06. The van der Waals surface area contributed by atoms with Crippen LogP contribution in [0.5, 0.6) is 0 Å². The first kappa shape index (κ1) is 13.3. The lowest BCUT2D eigenvalue weighted by Gasteiger charge is -2.12. The molecule has 0 amide bonds. The first-order valence-corrected chi connectivity index (χ1v) is 6.38. The Bertz CT molecular complexity index is 605. The molecule has 0 saturated carbocycles. The second-order valence-electron chi connectivity index (χ2n) is 4.89. The fourth-order valence-electron chi connectivity index (χ4n) is 1.93. The molecule has 0 unspecified atom stereocenters. The summed E-state index contributed by atoms with van der Waals surface area (Å²) in [6.07, 6.45) is 3.47. The lowest BCUT2D eigenvalue weighted by Crippen LogP contribution is -2.21. The van der Waals surface area contributed by atoms with Crippen LogP contribution in [0.4, 0.5) is 0 Å². The molecule has 4 heteroatoms. The molecule has 0 aliphatic rings. The smallest absolute Gasteiger partial charge is 0.217 e. The largest absolute Gasteiger partial charge is 0.310 e. The predicted molar refractivity (Wildman–Crippen MR) is 75.0 cm³/mol. The van der Waals surface area contributed by atoms with Crippen molar-refractivity contribution in [1.82, 2.24) is 14.9 Å². The zero-order valence-electron chi connectivity index (χ0n) is 11.5. The van der Waals surface area contributed by atoms with E-state index in [0.29, 0.717) is 11.9 Å². The molecule has 0 saturated heterocycles. The number of aryl methyl sites for hydroxylation is 1. The van der Waals surface area contributed by atoms with Crippen LogP contribution in [0, 0.1) is 18.3 Å². The summed E-state index contributed by atoms with van der Waals surface area (Å²) in [5.41, 5.74) is 3.34. The molecule has 98 valence electrons. The first-order chi connectivity index (χ1) is 9.11. The van der Waals surface area contributed by atoms with Crippen molar-refractivity contribution in [2.45, 2.75) is 33.4 Å². The van der Waals surface area contributed by atoms with Crippen molar-refractivity contribution >= 4 is 0 Å². The second-order valence-corrected chi connectivity index (χ2v) is 4.89. The van der Waals surface area contributed by atoms with Gasteiger partial charge < -0.3 is 5.32 Å². The van der Waals surface area contributed by atoms with E-state index >= 15 is 0 Å². The van der Waals surface area contributed by atoms with Gasteiger partial charge in [0.2, 0.25) is 5.82 Å². The lowest BCUT2D eigenvalue weighted by atomic mass is 10.1. The van der Waals surface area contributed by atoms with E-state index in [1.54, 1.807) is 6.20 Å². The summed E-state index contributed by atoms with van der Waals surface area (Å²) >= 11 is 0. The minimum atomic E-state index is 0.414. The molecule has 4 nitrogen and oxygen atoms in total. The Hall–Kier alpha value is -2.12. The van der Waals surface area contributed by atoms with Crippen molar-refractivity contribution in [1.29, 1.82) is 5.26 Å². The first-order valence-electron chi connectivity index (χ1n) is 6.38. The molecule has 0 bridgehead atoms. The molecule has 2 aromatic rings. The van der Waals surface area contributed by atoms with Gasteiger partial charge in [0.15, 0.2) is 0 Å². The fourth-order valence-corrected chi connectivity index (χ4v) is 1.93. The van der Waals surface area contributed by atoms with Gasteiger partial charge in [0.25, 0.3) is 0 Å². The molecule has 1 N–H and O–H groups in total. The Morgan fingerprint density at radius 2 is 2.21 bits per heavy atom. The number of nitriles is 1. The Kier molecular flexibility index (Phi) is 3.98. The van der Waals surface area contributed by atoms with Crippen LogP contribution in [0.15, 0.2) is 30.6 Å². The van der Waals surface area contributed by atoms with Crippen molar-refractivity contribution in [2.75, 3.05) is 0 Å². The van der Waals surface area contributed by atoms with Crippen molar-refractivity contribution in [2.24, 2.45) is 0 Å². The molecule has 0 atom stereocenters. The van der Waals surface area contributed by atoms with Gasteiger partial charge in [0, 0.05) is 25.0 Å². The van der Waals surface area contributed by atoms with Crippen molar-refractivity contribution in [3.05, 3.63) is 47.5 Å². The van der Waals surface area contributed by atoms with Gasteiger partial charge in [-0.2, -0.15) is 5.26 Å². The Balaban J connectivity index is 2.35. The van der Waals surface area contributed by atoms with E-state index in [-0.39, 0.29) is 0 Å². The number of hydrogen-bond donors (Lipinski definition) is 1. The van der Waals surface area contributed by atoms with E-state index in [0.717, 1.165) is 17.8 Å². The van der Waals surface area contributed by atoms with Gasteiger partial charge in [0.1, 0.15) is 6.07 Å². The number of aromatic nitrogens is 2. The summed E-state index contributed by atoms with van der Waals surface area (Å²) in [7, 11) is 0. The number of rotatable bonds is 4. The van der Waals surface area contributed by atoms with E-state index in [1.165, 1.54) is 5.56 Å². The maximum Gasteiger partial charge on any atom is 0.217 e. The molecule has 0 aliphatic heterocycles. The molecular formula is C15H18N4. The van der Waals surface area contributed by atoms with E-state index < -0.39 is 0 Å². The van der Waals surface area contributed by atoms with Crippen LogP contribution in [-0.2, 0) is 6.54 Å². The highest BCUT2D eigenvalue weighted by Crippen LogP contribution is 2.17. The average molecular weight is 254 g/mol. The zero-order valence-corrected chi connectivity index (χ0v) is 11.5. The molecule has 1 aromatic carbocycles. The van der Waals surface area contributed by atoms with Crippen molar-refractivity contribution in [3.63, 3.8) is 0 Å². The van der Waals surface area contributed by atoms with Gasteiger partial charge >= 0.3 is 0 Å². The van der Waals surface area contributed by atoms with Gasteiger partial charge in [-0.15, -0.1) is 0 Å². The molecule has 0 fully saturated rings. The Morgan fingerprint density at radius 3 is 2.89 bits per heavy atom. The van der Waals surface area contributed by atoms with E-state index in [2.05, 4.69) is 48.4 Å². The van der Waals surface area contributed by atoms with Crippen LogP contribution < -0.4 is 5.32 Å². The monoisotopic (exact) mass is 254 g/mol. The van der Waals surface area contributed by atoms with Crippen LogP contribution in [0.3, 0.4) is 0 Å². The molecule has 19 heavy (non-hydrogen) atoms. The van der Waals surface area contributed by atoms with Crippen LogP contribution in [0.25, 0.3) is 5.69 Å².